The standard InChI is InChI=1S/C28H25ClN2O5S/c1-35-23-16-20(15-22(29)26(23)36-18-25(32)30-21-12-6-3-7-13-21)17-24-27(33)31(28(34)37-24)14-8-11-19-9-4-2-5-10-19/h2-7,9-10,12-13,15-17H,8,11,14,18H2,1H3,(H,30,32)/b24-17+. The average molecular weight is 537 g/mol. The minimum Gasteiger partial charge on any atom is -0.493 e. The van der Waals surface area contributed by atoms with Gasteiger partial charge in [-0.25, -0.2) is 0 Å². The number of anilines is 1. The summed E-state index contributed by atoms with van der Waals surface area (Å²) < 4.78 is 11.0. The van der Waals surface area contributed by atoms with Crippen molar-refractivity contribution in [1.29, 1.82) is 0 Å². The molecule has 0 aromatic heterocycles. The van der Waals surface area contributed by atoms with Gasteiger partial charge in [0, 0.05) is 12.2 Å². The van der Waals surface area contributed by atoms with Gasteiger partial charge in [-0.05, 0) is 66.1 Å². The zero-order valence-corrected chi connectivity index (χ0v) is 21.7. The summed E-state index contributed by atoms with van der Waals surface area (Å²) in [5.41, 5.74) is 2.38. The number of methoxy groups -OCH3 is 1. The Hall–Kier alpha value is -3.75. The van der Waals surface area contributed by atoms with Crippen molar-refractivity contribution in [2.24, 2.45) is 0 Å². The summed E-state index contributed by atoms with van der Waals surface area (Å²) in [6.45, 7) is 0.0744. The number of para-hydroxylation sites is 1. The van der Waals surface area contributed by atoms with Gasteiger partial charge in [-0.3, -0.25) is 19.3 Å². The fourth-order valence-electron chi connectivity index (χ4n) is 3.75. The predicted molar refractivity (Wildman–Crippen MR) is 146 cm³/mol. The Bertz CT molecular complexity index is 1310. The molecule has 3 amide bonds. The third kappa shape index (κ3) is 6.93. The lowest BCUT2D eigenvalue weighted by atomic mass is 10.1. The highest BCUT2D eigenvalue weighted by molar-refractivity contribution is 8.18. The maximum absolute atomic E-state index is 12.9. The quantitative estimate of drug-likeness (QED) is 0.318. The number of carbonyl (C=O) groups is 3. The molecule has 3 aromatic rings. The van der Waals surface area contributed by atoms with Crippen LogP contribution in [0.4, 0.5) is 10.5 Å². The Morgan fingerprint density at radius 2 is 1.76 bits per heavy atom. The van der Waals surface area contributed by atoms with Gasteiger partial charge in [0.2, 0.25) is 0 Å². The number of amides is 3. The molecule has 0 atom stereocenters. The summed E-state index contributed by atoms with van der Waals surface area (Å²) in [7, 11) is 1.45. The van der Waals surface area contributed by atoms with Crippen LogP contribution in [0.5, 0.6) is 11.5 Å². The number of thioether (sulfide) groups is 1. The zero-order chi connectivity index (χ0) is 26.2. The second-order valence-corrected chi connectivity index (χ2v) is 9.56. The summed E-state index contributed by atoms with van der Waals surface area (Å²) in [6, 6.07) is 22.2. The molecule has 1 aliphatic heterocycles. The van der Waals surface area contributed by atoms with E-state index in [1.165, 1.54) is 12.0 Å². The Kier molecular flexibility index (Phi) is 8.87. The van der Waals surface area contributed by atoms with Gasteiger partial charge in [0.15, 0.2) is 18.1 Å². The van der Waals surface area contributed by atoms with E-state index in [0.717, 1.165) is 23.7 Å². The molecule has 1 fully saturated rings. The fraction of sp³-hybridized carbons (Fsp3) is 0.179. The van der Waals surface area contributed by atoms with Gasteiger partial charge in [-0.1, -0.05) is 60.1 Å². The van der Waals surface area contributed by atoms with Gasteiger partial charge in [0.25, 0.3) is 17.1 Å². The van der Waals surface area contributed by atoms with E-state index in [0.29, 0.717) is 34.9 Å². The number of ether oxygens (including phenoxy) is 2. The molecule has 3 aromatic carbocycles. The second-order valence-electron chi connectivity index (χ2n) is 8.16. The highest BCUT2D eigenvalue weighted by Gasteiger charge is 2.34. The maximum atomic E-state index is 12.9. The Balaban J connectivity index is 1.40. The van der Waals surface area contributed by atoms with Crippen LogP contribution in [0.25, 0.3) is 6.08 Å². The molecule has 0 radical (unpaired) electrons. The number of nitrogens with zero attached hydrogens (tertiary/aromatic N) is 1. The molecule has 1 heterocycles. The van der Waals surface area contributed by atoms with Crippen molar-refractivity contribution in [2.75, 3.05) is 25.6 Å². The van der Waals surface area contributed by atoms with Crippen LogP contribution in [0.15, 0.2) is 77.7 Å². The number of halogens is 1. The number of imide groups is 1. The first-order valence-corrected chi connectivity index (χ1v) is 12.8. The molecular formula is C28H25ClN2O5S. The number of aryl methyl sites for hydroxylation is 1. The minimum absolute atomic E-state index is 0.207. The van der Waals surface area contributed by atoms with Crippen LogP contribution in [0.2, 0.25) is 5.02 Å². The number of hydrogen-bond donors (Lipinski definition) is 1. The monoisotopic (exact) mass is 536 g/mol. The molecule has 0 spiro atoms. The van der Waals surface area contributed by atoms with Crippen molar-refractivity contribution in [3.05, 3.63) is 93.9 Å². The summed E-state index contributed by atoms with van der Waals surface area (Å²) in [5, 5.41) is 2.64. The second kappa shape index (κ2) is 12.5. The molecule has 0 unspecified atom stereocenters. The SMILES string of the molecule is COc1cc(/C=C2/SC(=O)N(CCCc3ccccc3)C2=O)cc(Cl)c1OCC(=O)Nc1ccccc1. The van der Waals surface area contributed by atoms with Crippen LogP contribution in [-0.4, -0.2) is 42.2 Å². The lowest BCUT2D eigenvalue weighted by molar-refractivity contribution is -0.122. The number of carbonyl (C=O) groups excluding carboxylic acids is 3. The van der Waals surface area contributed by atoms with Gasteiger partial charge in [-0.15, -0.1) is 0 Å². The number of nitrogens with one attached hydrogen (secondary N) is 1. The van der Waals surface area contributed by atoms with E-state index in [9.17, 15) is 14.4 Å². The van der Waals surface area contributed by atoms with Gasteiger partial charge >= 0.3 is 0 Å². The van der Waals surface area contributed by atoms with Crippen LogP contribution in [-0.2, 0) is 16.0 Å². The summed E-state index contributed by atoms with van der Waals surface area (Å²) in [5.74, 6) is -0.183. The van der Waals surface area contributed by atoms with E-state index in [1.807, 2.05) is 48.5 Å². The Morgan fingerprint density at radius 1 is 1.05 bits per heavy atom. The van der Waals surface area contributed by atoms with Gasteiger partial charge in [0.1, 0.15) is 0 Å². The van der Waals surface area contributed by atoms with Crippen molar-refractivity contribution in [3.63, 3.8) is 0 Å². The Morgan fingerprint density at radius 3 is 2.46 bits per heavy atom. The van der Waals surface area contributed by atoms with E-state index in [1.54, 1.807) is 30.3 Å². The van der Waals surface area contributed by atoms with Crippen LogP contribution in [0, 0.1) is 0 Å². The van der Waals surface area contributed by atoms with E-state index in [2.05, 4.69) is 5.32 Å². The lowest BCUT2D eigenvalue weighted by Crippen LogP contribution is -2.29. The first kappa shape index (κ1) is 26.3. The van der Waals surface area contributed by atoms with Crippen molar-refractivity contribution in [3.8, 4) is 11.5 Å². The van der Waals surface area contributed by atoms with Crippen LogP contribution >= 0.6 is 23.4 Å². The number of rotatable bonds is 10. The maximum Gasteiger partial charge on any atom is 0.293 e. The molecule has 37 heavy (non-hydrogen) atoms. The lowest BCUT2D eigenvalue weighted by Gasteiger charge is -2.14. The van der Waals surface area contributed by atoms with E-state index < -0.39 is 0 Å². The van der Waals surface area contributed by atoms with E-state index in [4.69, 9.17) is 21.1 Å². The normalized spacial score (nSPS) is 14.2. The van der Waals surface area contributed by atoms with Crippen LogP contribution in [0.3, 0.4) is 0 Å². The first-order chi connectivity index (χ1) is 17.9. The number of hydrogen-bond acceptors (Lipinski definition) is 6. The summed E-state index contributed by atoms with van der Waals surface area (Å²) in [6.07, 6.45) is 3.06. The van der Waals surface area contributed by atoms with Crippen LogP contribution < -0.4 is 14.8 Å². The average Bonchev–Trinajstić information content (AvgIpc) is 3.16. The molecule has 0 bridgehead atoms. The highest BCUT2D eigenvalue weighted by atomic mass is 35.5. The molecule has 4 rings (SSSR count). The van der Waals surface area contributed by atoms with Crippen molar-refractivity contribution < 1.29 is 23.9 Å². The largest absolute Gasteiger partial charge is 0.493 e. The van der Waals surface area contributed by atoms with E-state index >= 15 is 0 Å². The number of benzene rings is 3. The summed E-state index contributed by atoms with van der Waals surface area (Å²) >= 11 is 7.32. The molecular weight excluding hydrogens is 512 g/mol. The van der Waals surface area contributed by atoms with Crippen molar-refractivity contribution in [1.82, 2.24) is 4.90 Å². The van der Waals surface area contributed by atoms with Crippen LogP contribution in [0.1, 0.15) is 17.5 Å². The third-order valence-corrected chi connectivity index (χ3v) is 6.71. The molecule has 1 N–H and O–H groups in total. The molecule has 1 saturated heterocycles. The minimum atomic E-state index is -0.352. The smallest absolute Gasteiger partial charge is 0.293 e. The molecule has 9 heteroatoms. The predicted octanol–water partition coefficient (Wildman–Crippen LogP) is 6.04. The topological polar surface area (TPSA) is 84.9 Å². The van der Waals surface area contributed by atoms with Crippen molar-refractivity contribution >= 4 is 52.2 Å². The molecule has 7 nitrogen and oxygen atoms in total. The van der Waals surface area contributed by atoms with Gasteiger partial charge in [-0.2, -0.15) is 0 Å². The molecule has 0 saturated carbocycles. The van der Waals surface area contributed by atoms with Crippen molar-refractivity contribution in [2.45, 2.75) is 12.8 Å². The first-order valence-electron chi connectivity index (χ1n) is 11.6. The highest BCUT2D eigenvalue weighted by Crippen LogP contribution is 2.39. The van der Waals surface area contributed by atoms with Gasteiger partial charge < -0.3 is 14.8 Å². The van der Waals surface area contributed by atoms with Gasteiger partial charge in [0.05, 0.1) is 17.0 Å². The third-order valence-electron chi connectivity index (χ3n) is 5.52. The van der Waals surface area contributed by atoms with E-state index in [-0.39, 0.29) is 34.4 Å². The molecule has 0 aliphatic carbocycles. The zero-order valence-electron chi connectivity index (χ0n) is 20.1. The Labute approximate surface area is 224 Å². The molecule has 190 valence electrons. The fourth-order valence-corrected chi connectivity index (χ4v) is 4.89. The molecule has 1 aliphatic rings. The summed E-state index contributed by atoms with van der Waals surface area (Å²) in [4.78, 5) is 39.2.